The molecule has 0 radical (unpaired) electrons. The third kappa shape index (κ3) is 3.93. The summed E-state index contributed by atoms with van der Waals surface area (Å²) in [4.78, 5) is 32.4. The number of ether oxygens (including phenoxy) is 1. The molecule has 0 unspecified atom stereocenters. The Bertz CT molecular complexity index is 948. The van der Waals surface area contributed by atoms with Gasteiger partial charge in [-0.25, -0.2) is 4.98 Å². The zero-order valence-corrected chi connectivity index (χ0v) is 15.7. The molecule has 0 aliphatic rings. The molecule has 25 heavy (non-hydrogen) atoms. The summed E-state index contributed by atoms with van der Waals surface area (Å²) in [5.41, 5.74) is 1.66. The third-order valence-corrected chi connectivity index (χ3v) is 5.31. The molecule has 5 nitrogen and oxygen atoms in total. The highest BCUT2D eigenvalue weighted by molar-refractivity contribution is 8.00. The second-order valence-electron chi connectivity index (χ2n) is 5.81. The summed E-state index contributed by atoms with van der Waals surface area (Å²) in [6.45, 7) is 5.35. The molecular weight excluding hydrogens is 356 g/mol. The van der Waals surface area contributed by atoms with Crippen LogP contribution in [0.15, 0.2) is 45.7 Å². The van der Waals surface area contributed by atoms with E-state index >= 15 is 0 Å². The fraction of sp³-hybridized carbons (Fsp3) is 0.278. The number of benzene rings is 1. The van der Waals surface area contributed by atoms with Crippen molar-refractivity contribution < 1.29 is 9.53 Å². The average Bonchev–Trinajstić information content (AvgIpc) is 2.99. The molecule has 0 aliphatic heterocycles. The Kier molecular flexibility index (Phi) is 5.24. The summed E-state index contributed by atoms with van der Waals surface area (Å²) in [6.07, 6.45) is -0.171. The number of thioether (sulfide) groups is 1. The van der Waals surface area contributed by atoms with Crippen LogP contribution >= 0.6 is 23.1 Å². The fourth-order valence-corrected chi connectivity index (χ4v) is 4.15. The Balaban J connectivity index is 1.91. The van der Waals surface area contributed by atoms with Crippen molar-refractivity contribution in [3.8, 4) is 11.1 Å². The molecule has 0 fully saturated rings. The number of H-pyrrole nitrogens is 1. The lowest BCUT2D eigenvalue weighted by atomic mass is 10.1. The second kappa shape index (κ2) is 7.41. The van der Waals surface area contributed by atoms with E-state index < -0.39 is 5.25 Å². The van der Waals surface area contributed by atoms with Gasteiger partial charge in [0.15, 0.2) is 5.16 Å². The lowest BCUT2D eigenvalue weighted by molar-refractivity contribution is -0.146. The number of rotatable bonds is 5. The SMILES string of the molecule is CC(C)OC(=O)[C@H](C)Sc1nc2scc(-c3ccccc3)c2c(=O)[nH]1. The molecule has 0 bridgehead atoms. The van der Waals surface area contributed by atoms with Gasteiger partial charge < -0.3 is 9.72 Å². The van der Waals surface area contributed by atoms with Gasteiger partial charge in [0.2, 0.25) is 0 Å². The largest absolute Gasteiger partial charge is 0.462 e. The van der Waals surface area contributed by atoms with Crippen molar-refractivity contribution in [2.24, 2.45) is 0 Å². The normalized spacial score (nSPS) is 12.5. The van der Waals surface area contributed by atoms with Crippen molar-refractivity contribution in [1.29, 1.82) is 0 Å². The van der Waals surface area contributed by atoms with Gasteiger partial charge in [0.25, 0.3) is 5.56 Å². The quantitative estimate of drug-likeness (QED) is 0.414. The Morgan fingerprint density at radius 3 is 2.64 bits per heavy atom. The van der Waals surface area contributed by atoms with Crippen LogP contribution in [0.3, 0.4) is 0 Å². The smallest absolute Gasteiger partial charge is 0.319 e. The van der Waals surface area contributed by atoms with E-state index in [0.29, 0.717) is 15.4 Å². The van der Waals surface area contributed by atoms with Crippen molar-refractivity contribution in [2.45, 2.75) is 37.3 Å². The summed E-state index contributed by atoms with van der Waals surface area (Å²) < 4.78 is 5.19. The molecule has 1 N–H and O–H groups in total. The van der Waals surface area contributed by atoms with E-state index in [-0.39, 0.29) is 17.6 Å². The van der Waals surface area contributed by atoms with E-state index in [1.165, 1.54) is 23.1 Å². The Hall–Kier alpha value is -2.12. The van der Waals surface area contributed by atoms with Crippen LogP contribution in [-0.2, 0) is 9.53 Å². The van der Waals surface area contributed by atoms with Crippen LogP contribution in [0.1, 0.15) is 20.8 Å². The summed E-state index contributed by atoms with van der Waals surface area (Å²) in [7, 11) is 0. The van der Waals surface area contributed by atoms with Crippen LogP contribution < -0.4 is 5.56 Å². The number of aromatic nitrogens is 2. The molecule has 130 valence electrons. The minimum atomic E-state index is -0.448. The average molecular weight is 374 g/mol. The predicted molar refractivity (Wildman–Crippen MR) is 102 cm³/mol. The van der Waals surface area contributed by atoms with E-state index in [2.05, 4.69) is 9.97 Å². The number of fused-ring (bicyclic) bond motifs is 1. The molecule has 3 rings (SSSR count). The maximum atomic E-state index is 12.6. The monoisotopic (exact) mass is 374 g/mol. The molecule has 3 aromatic rings. The van der Waals surface area contributed by atoms with Gasteiger partial charge in [0.05, 0.1) is 11.5 Å². The van der Waals surface area contributed by atoms with E-state index in [1.807, 2.05) is 35.7 Å². The first-order chi connectivity index (χ1) is 12.0. The highest BCUT2D eigenvalue weighted by atomic mass is 32.2. The fourth-order valence-electron chi connectivity index (χ4n) is 2.36. The maximum Gasteiger partial charge on any atom is 0.319 e. The predicted octanol–water partition coefficient (Wildman–Crippen LogP) is 4.08. The minimum absolute atomic E-state index is 0.171. The lowest BCUT2D eigenvalue weighted by Gasteiger charge is -2.12. The molecule has 0 saturated carbocycles. The number of esters is 1. The summed E-state index contributed by atoms with van der Waals surface area (Å²) >= 11 is 2.62. The number of nitrogens with zero attached hydrogens (tertiary/aromatic N) is 1. The van der Waals surface area contributed by atoms with E-state index in [0.717, 1.165) is 11.1 Å². The van der Waals surface area contributed by atoms with Gasteiger partial charge in [0.1, 0.15) is 10.1 Å². The van der Waals surface area contributed by atoms with Crippen LogP contribution in [0.5, 0.6) is 0 Å². The Morgan fingerprint density at radius 1 is 1.24 bits per heavy atom. The minimum Gasteiger partial charge on any atom is -0.462 e. The number of carbonyl (C=O) groups is 1. The molecular formula is C18H18N2O3S2. The van der Waals surface area contributed by atoms with E-state index in [1.54, 1.807) is 20.8 Å². The van der Waals surface area contributed by atoms with Gasteiger partial charge >= 0.3 is 5.97 Å². The second-order valence-corrected chi connectivity index (χ2v) is 8.00. The third-order valence-electron chi connectivity index (χ3n) is 3.48. The lowest BCUT2D eigenvalue weighted by Crippen LogP contribution is -2.21. The van der Waals surface area contributed by atoms with Crippen molar-refractivity contribution in [3.63, 3.8) is 0 Å². The Labute approximate surface area is 153 Å². The van der Waals surface area contributed by atoms with Crippen LogP contribution in [0.2, 0.25) is 0 Å². The highest BCUT2D eigenvalue weighted by Gasteiger charge is 2.20. The summed E-state index contributed by atoms with van der Waals surface area (Å²) in [5, 5.41) is 2.49. The van der Waals surface area contributed by atoms with Gasteiger partial charge in [-0.2, -0.15) is 0 Å². The molecule has 2 aromatic heterocycles. The molecule has 0 spiro atoms. The summed E-state index contributed by atoms with van der Waals surface area (Å²) in [6, 6.07) is 9.74. The Morgan fingerprint density at radius 2 is 1.96 bits per heavy atom. The molecule has 1 aromatic carbocycles. The van der Waals surface area contributed by atoms with E-state index in [9.17, 15) is 9.59 Å². The molecule has 1 atom stereocenters. The molecule has 0 aliphatic carbocycles. The molecule has 0 amide bonds. The van der Waals surface area contributed by atoms with Crippen molar-refractivity contribution in [2.75, 3.05) is 0 Å². The van der Waals surface area contributed by atoms with Crippen molar-refractivity contribution in [3.05, 3.63) is 46.1 Å². The first kappa shape index (κ1) is 17.7. The van der Waals surface area contributed by atoms with E-state index in [4.69, 9.17) is 4.74 Å². The summed E-state index contributed by atoms with van der Waals surface area (Å²) in [5.74, 6) is -0.320. The highest BCUT2D eigenvalue weighted by Crippen LogP contribution is 2.31. The first-order valence-electron chi connectivity index (χ1n) is 7.90. The van der Waals surface area contributed by atoms with Crippen LogP contribution in [-0.4, -0.2) is 27.3 Å². The van der Waals surface area contributed by atoms with Gasteiger partial charge in [0, 0.05) is 10.9 Å². The molecule has 0 saturated heterocycles. The number of carbonyl (C=O) groups excluding carboxylic acids is 1. The topological polar surface area (TPSA) is 72.0 Å². The molecule has 2 heterocycles. The van der Waals surface area contributed by atoms with Crippen LogP contribution in [0.4, 0.5) is 0 Å². The van der Waals surface area contributed by atoms with Gasteiger partial charge in [-0.15, -0.1) is 11.3 Å². The number of thiophene rings is 1. The van der Waals surface area contributed by atoms with Gasteiger partial charge in [-0.05, 0) is 26.3 Å². The number of hydrogen-bond acceptors (Lipinski definition) is 6. The van der Waals surface area contributed by atoms with Crippen LogP contribution in [0.25, 0.3) is 21.3 Å². The maximum absolute atomic E-state index is 12.6. The number of hydrogen-bond donors (Lipinski definition) is 1. The van der Waals surface area contributed by atoms with Gasteiger partial charge in [-0.1, -0.05) is 42.1 Å². The number of nitrogens with one attached hydrogen (secondary N) is 1. The van der Waals surface area contributed by atoms with Gasteiger partial charge in [-0.3, -0.25) is 9.59 Å². The van der Waals surface area contributed by atoms with Crippen LogP contribution in [0, 0.1) is 0 Å². The zero-order valence-electron chi connectivity index (χ0n) is 14.1. The first-order valence-corrected chi connectivity index (χ1v) is 9.65. The van der Waals surface area contributed by atoms with Crippen molar-refractivity contribution >= 4 is 39.3 Å². The number of aromatic amines is 1. The van der Waals surface area contributed by atoms with Crippen molar-refractivity contribution in [1.82, 2.24) is 9.97 Å². The zero-order chi connectivity index (χ0) is 18.0. The standard InChI is InChI=1S/C18H18N2O3S2/c1-10(2)23-17(22)11(3)25-18-19-15(21)14-13(9-24-16(14)20-18)12-7-5-4-6-8-12/h4-11H,1-3H3,(H,19,20,21)/t11-/m0/s1. The molecule has 7 heteroatoms.